The van der Waals surface area contributed by atoms with Gasteiger partial charge in [-0.2, -0.15) is 0 Å². The van der Waals surface area contributed by atoms with Crippen molar-refractivity contribution >= 4 is 82.1 Å². The van der Waals surface area contributed by atoms with Crippen LogP contribution in [-0.4, -0.2) is 252 Å². The minimum absolute atomic E-state index is 0.00346. The summed E-state index contributed by atoms with van der Waals surface area (Å²) in [7, 11) is 0. The topological polar surface area (TPSA) is 694 Å². The molecule has 39 N–H and O–H groups in total. The van der Waals surface area contributed by atoms with Crippen molar-refractivity contribution < 1.29 is 43.8 Å². The number of aliphatic hydroxyl groups excluding tert-OH is 1. The molecule has 6 amide bonds. The van der Waals surface area contributed by atoms with Crippen LogP contribution in [0.25, 0.3) is 10.9 Å². The van der Waals surface area contributed by atoms with E-state index in [2.05, 4.69) is 108 Å². The number of nitrogens with one attached hydrogen (secondary N) is 13. The molecule has 0 radical (unpaired) electrons. The molecule has 0 saturated heterocycles. The van der Waals surface area contributed by atoms with E-state index < -0.39 is 77.7 Å². The zero-order valence-corrected chi connectivity index (χ0v) is 63.4. The second kappa shape index (κ2) is 55.5. The highest BCUT2D eigenvalue weighted by Crippen LogP contribution is 2.20. The molecular formula is C68H132N30O9. The van der Waals surface area contributed by atoms with Gasteiger partial charge in [0.25, 0.3) is 0 Å². The van der Waals surface area contributed by atoms with E-state index in [0.29, 0.717) is 89.6 Å². The van der Waals surface area contributed by atoms with Crippen LogP contribution < -0.4 is 133 Å². The van der Waals surface area contributed by atoms with E-state index in [0.717, 1.165) is 43.1 Å². The number of fused-ring (bicyclic) bond motifs is 1. The third-order valence-corrected chi connectivity index (χ3v) is 17.5. The molecule has 0 fully saturated rings. The number of aromatic nitrogens is 1. The standard InChI is InChI=1S/C68H132N30O9/c1-5-43(4)56(92-36-45(70)41-99)39-82-31-32-84-47(16-11-25-86-65(73)74)38-90-46(15-10-24-85-64(71)72)37-81-29-30-83-40-57(100)93-50(20-12-26-87-66(75)76)58(101)95-53(22-14-28-89-68(79)80)60(103)97-54(34-44-35-91-49-18-7-6-17-48(44)49)62(105)96-52(21-13-27-88-67(77)78)59(102)94-51(19-8-9-23-69)61(104)98-55(63(106)107)33-42(2)3/h6-7,17-18,35,42-43,45-47,50-56,81-84,90-92,99H,5,8-16,19-34,36-41,69-70H2,1-4H3,(H,93,100)(H,94,102)(H,95,101)(H,96,105)(H,97,103)(H,98,104)(H,106,107)(H4,71,72,85)(H4,73,74,86)(H4,75,76,87)(H4,77,78,88)(H4,79,80,89)/t43-,45+,46-,47-,50-,51-,52-,53-,54-,55-,56+/m0/s1. The highest BCUT2D eigenvalue weighted by Gasteiger charge is 2.34. The Morgan fingerprint density at radius 2 is 0.916 bits per heavy atom. The van der Waals surface area contributed by atoms with Crippen LogP contribution in [0.5, 0.6) is 0 Å². The summed E-state index contributed by atoms with van der Waals surface area (Å²) in [5.41, 5.74) is 69.5. The molecule has 0 unspecified atom stereocenters. The number of nitrogens with zero attached hydrogens (tertiary/aromatic N) is 5. The number of aliphatic imine (C=N–C) groups is 5. The number of carbonyl (C=O) groups excluding carboxylic acids is 6. The second-order valence-corrected chi connectivity index (χ2v) is 27.2. The monoisotopic (exact) mass is 1510 g/mol. The average Bonchev–Trinajstić information content (AvgIpc) is 1.71. The SMILES string of the molecule is CC[C@H](C)[C@@H](CNCCN[C@@H](CCCN=C(N)N)CN[C@@H](CCCN=C(N)N)CNCCNCC(=O)N[C@@H](CCCN=C(N)N)C(=O)N[C@@H](CCCN=C(N)N)C(=O)N[C@@H](Cc1c[nH]c2ccccc12)C(=O)N[C@@H](CCCN=C(N)N)C(=O)N[C@@H](CCCCN)C(=O)N[C@@H](CC(C)C)C(=O)O)NC[C@@H](N)CO. The van der Waals surface area contributed by atoms with Crippen LogP contribution in [0.2, 0.25) is 0 Å². The Hall–Kier alpha value is -8.96. The van der Waals surface area contributed by atoms with Crippen LogP contribution >= 0.6 is 0 Å². The summed E-state index contributed by atoms with van der Waals surface area (Å²) in [4.78, 5) is 123. The lowest BCUT2D eigenvalue weighted by molar-refractivity contribution is -0.143. The summed E-state index contributed by atoms with van der Waals surface area (Å²) < 4.78 is 0. The molecule has 107 heavy (non-hydrogen) atoms. The number of carboxylic acid groups (broad SMARTS) is 1. The number of amides is 6. The van der Waals surface area contributed by atoms with Crippen LogP contribution in [-0.2, 0) is 40.0 Å². The molecule has 1 aromatic heterocycles. The molecule has 2 rings (SSSR count). The maximum atomic E-state index is 15.0. The molecule has 1 heterocycles. The Kier molecular flexibility index (Phi) is 48.8. The number of aliphatic carboxylic acids is 1. The van der Waals surface area contributed by atoms with Crippen LogP contribution in [0.3, 0.4) is 0 Å². The van der Waals surface area contributed by atoms with E-state index >= 15 is 4.79 Å². The van der Waals surface area contributed by atoms with Gasteiger partial charge in [0.15, 0.2) is 29.8 Å². The quantitative estimate of drug-likeness (QED) is 0.0166. The molecule has 0 bridgehead atoms. The van der Waals surface area contributed by atoms with Crippen molar-refractivity contribution in [3.63, 3.8) is 0 Å². The molecule has 0 aliphatic heterocycles. The molecule has 0 aliphatic rings. The Morgan fingerprint density at radius 1 is 0.486 bits per heavy atom. The first-order valence-corrected chi connectivity index (χ1v) is 37.3. The first-order chi connectivity index (χ1) is 51.1. The summed E-state index contributed by atoms with van der Waals surface area (Å²) in [5, 5.41) is 57.7. The van der Waals surface area contributed by atoms with Gasteiger partial charge in [-0.25, -0.2) is 4.79 Å². The highest BCUT2D eigenvalue weighted by atomic mass is 16.4. The fourth-order valence-corrected chi connectivity index (χ4v) is 11.5. The lowest BCUT2D eigenvalue weighted by atomic mass is 9.99. The van der Waals surface area contributed by atoms with E-state index in [-0.39, 0.29) is 157 Å². The molecule has 0 aliphatic carbocycles. The van der Waals surface area contributed by atoms with Crippen molar-refractivity contribution in [2.24, 2.45) is 106 Å². The molecular weight excluding hydrogens is 1380 g/mol. The van der Waals surface area contributed by atoms with Gasteiger partial charge in [0.2, 0.25) is 35.4 Å². The maximum absolute atomic E-state index is 15.0. The van der Waals surface area contributed by atoms with E-state index in [1.807, 2.05) is 18.2 Å². The van der Waals surface area contributed by atoms with Gasteiger partial charge in [-0.15, -0.1) is 0 Å². The first kappa shape index (κ1) is 94.1. The summed E-state index contributed by atoms with van der Waals surface area (Å²) >= 11 is 0. The molecule has 11 atom stereocenters. The smallest absolute Gasteiger partial charge is 0.326 e. The van der Waals surface area contributed by atoms with Crippen molar-refractivity contribution in [1.29, 1.82) is 0 Å². The van der Waals surface area contributed by atoms with Gasteiger partial charge in [0.05, 0.1) is 13.2 Å². The number of carbonyl (C=O) groups is 7. The van der Waals surface area contributed by atoms with E-state index in [1.54, 1.807) is 26.1 Å². The second-order valence-electron chi connectivity index (χ2n) is 27.2. The summed E-state index contributed by atoms with van der Waals surface area (Å²) in [5.74, 6) is -6.09. The van der Waals surface area contributed by atoms with Gasteiger partial charge >= 0.3 is 5.97 Å². The zero-order chi connectivity index (χ0) is 79.5. The minimum atomic E-state index is -1.45. The Bertz CT molecular complexity index is 3040. The number of H-pyrrole nitrogens is 1. The average molecular weight is 1510 g/mol. The molecule has 0 saturated carbocycles. The number of aromatic amines is 1. The number of para-hydroxylation sites is 1. The Labute approximate surface area is 629 Å². The lowest BCUT2D eigenvalue weighted by Crippen LogP contribution is -2.60. The summed E-state index contributed by atoms with van der Waals surface area (Å²) in [6.45, 7) is 13.6. The fraction of sp³-hybridized carbons (Fsp3) is 0.706. The van der Waals surface area contributed by atoms with E-state index in [4.69, 9.17) is 68.8 Å². The van der Waals surface area contributed by atoms with Crippen molar-refractivity contribution in [1.82, 2.24) is 68.8 Å². The number of hydrogen-bond donors (Lipinski definition) is 27. The molecule has 1 aromatic carbocycles. The predicted octanol–water partition coefficient (Wildman–Crippen LogP) is -6.84. The molecule has 39 heteroatoms. The van der Waals surface area contributed by atoms with Gasteiger partial charge in [-0.3, -0.25) is 53.7 Å². The van der Waals surface area contributed by atoms with Crippen molar-refractivity contribution in [2.75, 3.05) is 105 Å². The summed E-state index contributed by atoms with van der Waals surface area (Å²) in [6.07, 6.45) is 6.88. The molecule has 39 nitrogen and oxygen atoms in total. The minimum Gasteiger partial charge on any atom is -0.480 e. The zero-order valence-electron chi connectivity index (χ0n) is 63.4. The van der Waals surface area contributed by atoms with Crippen LogP contribution in [0.15, 0.2) is 55.4 Å². The number of hydrogen-bond acceptors (Lipinski definition) is 21. The maximum Gasteiger partial charge on any atom is 0.326 e. The number of aliphatic hydroxyl groups is 1. The van der Waals surface area contributed by atoms with Crippen molar-refractivity contribution in [2.45, 2.75) is 191 Å². The third-order valence-electron chi connectivity index (χ3n) is 17.5. The van der Waals surface area contributed by atoms with Gasteiger partial charge < -0.3 is 148 Å². The number of unbranched alkanes of at least 4 members (excludes halogenated alkanes) is 1. The predicted molar refractivity (Wildman–Crippen MR) is 422 cm³/mol. The molecule has 0 spiro atoms. The third kappa shape index (κ3) is 43.4. The van der Waals surface area contributed by atoms with Crippen LogP contribution in [0.1, 0.15) is 130 Å². The number of benzene rings is 1. The van der Waals surface area contributed by atoms with E-state index in [1.165, 1.54) is 0 Å². The largest absolute Gasteiger partial charge is 0.480 e. The van der Waals surface area contributed by atoms with Gasteiger partial charge in [-0.1, -0.05) is 52.3 Å². The number of carboxylic acids is 1. The van der Waals surface area contributed by atoms with Gasteiger partial charge in [0, 0.05) is 133 Å². The van der Waals surface area contributed by atoms with E-state index in [9.17, 15) is 39.0 Å². The van der Waals surface area contributed by atoms with Crippen LogP contribution in [0.4, 0.5) is 0 Å². The van der Waals surface area contributed by atoms with Crippen molar-refractivity contribution in [3.8, 4) is 0 Å². The highest BCUT2D eigenvalue weighted by molar-refractivity contribution is 5.97. The lowest BCUT2D eigenvalue weighted by Gasteiger charge is -2.28. The number of rotatable bonds is 62. The summed E-state index contributed by atoms with van der Waals surface area (Å²) in [6, 6.07) is -0.817. The van der Waals surface area contributed by atoms with Gasteiger partial charge in [-0.05, 0) is 120 Å². The molecule has 2 aromatic rings. The number of guanidine groups is 5. The van der Waals surface area contributed by atoms with Crippen molar-refractivity contribution in [3.05, 3.63) is 36.0 Å². The van der Waals surface area contributed by atoms with Crippen LogP contribution in [0, 0.1) is 11.8 Å². The Morgan fingerprint density at radius 3 is 1.39 bits per heavy atom. The Balaban J connectivity index is 2.44. The normalized spacial score (nSPS) is 14.4. The van der Waals surface area contributed by atoms with Gasteiger partial charge in [0.1, 0.15) is 36.3 Å². The molecule has 608 valence electrons. The fourth-order valence-electron chi connectivity index (χ4n) is 11.5. The first-order valence-electron chi connectivity index (χ1n) is 37.3. The number of nitrogens with two attached hydrogens (primary N) is 12.